The molecule has 0 atom stereocenters. The number of rotatable bonds is 5. The van der Waals surface area contributed by atoms with E-state index >= 15 is 0 Å². The highest BCUT2D eigenvalue weighted by molar-refractivity contribution is 7.99. The summed E-state index contributed by atoms with van der Waals surface area (Å²) >= 11 is 6.84. The van der Waals surface area contributed by atoms with Crippen LogP contribution in [0, 0.1) is 12.7 Å². The number of aromatic nitrogens is 3. The van der Waals surface area contributed by atoms with Crippen molar-refractivity contribution in [3.63, 3.8) is 0 Å². The highest BCUT2D eigenvalue weighted by Crippen LogP contribution is 2.21. The molecule has 0 aliphatic carbocycles. The average molecular weight is 377 g/mol. The van der Waals surface area contributed by atoms with E-state index in [0.29, 0.717) is 11.0 Å². The van der Waals surface area contributed by atoms with Crippen molar-refractivity contribution >= 4 is 35.0 Å². The van der Waals surface area contributed by atoms with E-state index in [-0.39, 0.29) is 22.4 Å². The number of H-pyrrole nitrogens is 1. The highest BCUT2D eigenvalue weighted by atomic mass is 35.5. The fourth-order valence-corrected chi connectivity index (χ4v) is 2.82. The molecule has 1 heterocycles. The molecule has 3 rings (SSSR count). The van der Waals surface area contributed by atoms with Crippen LogP contribution in [0.2, 0.25) is 5.02 Å². The monoisotopic (exact) mass is 376 g/mol. The molecule has 1 aromatic heterocycles. The van der Waals surface area contributed by atoms with E-state index in [4.69, 9.17) is 11.6 Å². The Morgan fingerprint density at radius 3 is 2.76 bits per heavy atom. The van der Waals surface area contributed by atoms with Crippen LogP contribution in [-0.2, 0) is 4.79 Å². The van der Waals surface area contributed by atoms with Crippen LogP contribution in [0.1, 0.15) is 5.56 Å². The first-order valence-corrected chi connectivity index (χ1v) is 8.75. The number of amides is 1. The number of anilines is 1. The Bertz CT molecular complexity index is 898. The first-order chi connectivity index (χ1) is 12.0. The van der Waals surface area contributed by atoms with Crippen molar-refractivity contribution < 1.29 is 9.18 Å². The Labute approximate surface area is 153 Å². The van der Waals surface area contributed by atoms with Crippen LogP contribution in [0.3, 0.4) is 0 Å². The molecule has 0 spiro atoms. The number of aryl methyl sites for hydroxylation is 1. The second kappa shape index (κ2) is 7.67. The zero-order valence-corrected chi connectivity index (χ0v) is 14.8. The van der Waals surface area contributed by atoms with E-state index < -0.39 is 5.82 Å². The second-order valence-corrected chi connectivity index (χ2v) is 6.67. The van der Waals surface area contributed by atoms with Crippen molar-refractivity contribution in [3.05, 3.63) is 58.9 Å². The van der Waals surface area contributed by atoms with Crippen molar-refractivity contribution in [2.45, 2.75) is 12.1 Å². The number of thioether (sulfide) groups is 1. The average Bonchev–Trinajstić information content (AvgIpc) is 3.05. The van der Waals surface area contributed by atoms with Crippen molar-refractivity contribution in [1.82, 2.24) is 15.2 Å². The van der Waals surface area contributed by atoms with Gasteiger partial charge >= 0.3 is 0 Å². The van der Waals surface area contributed by atoms with Gasteiger partial charge in [-0.05, 0) is 25.1 Å². The summed E-state index contributed by atoms with van der Waals surface area (Å²) in [5.41, 5.74) is 2.16. The van der Waals surface area contributed by atoms with Gasteiger partial charge in [-0.3, -0.25) is 9.89 Å². The van der Waals surface area contributed by atoms with Gasteiger partial charge in [-0.1, -0.05) is 53.2 Å². The third kappa shape index (κ3) is 4.58. The molecule has 3 aromatic rings. The fourth-order valence-electron chi connectivity index (χ4n) is 2.06. The zero-order valence-electron chi connectivity index (χ0n) is 13.2. The Balaban J connectivity index is 1.58. The molecule has 0 fully saturated rings. The lowest BCUT2D eigenvalue weighted by Crippen LogP contribution is -2.15. The predicted molar refractivity (Wildman–Crippen MR) is 97.3 cm³/mol. The third-order valence-corrected chi connectivity index (χ3v) is 4.41. The number of hydrogen-bond acceptors (Lipinski definition) is 4. The van der Waals surface area contributed by atoms with E-state index in [1.807, 2.05) is 31.2 Å². The predicted octanol–water partition coefficient (Wildman–Crippen LogP) is 4.30. The summed E-state index contributed by atoms with van der Waals surface area (Å²) in [5, 5.41) is 10.1. The summed E-state index contributed by atoms with van der Waals surface area (Å²) in [7, 11) is 0. The number of nitrogens with zero attached hydrogens (tertiary/aromatic N) is 2. The van der Waals surface area contributed by atoms with E-state index in [1.165, 1.54) is 12.1 Å². The molecule has 128 valence electrons. The molecule has 0 saturated carbocycles. The molecule has 0 unspecified atom stereocenters. The summed E-state index contributed by atoms with van der Waals surface area (Å²) < 4.78 is 13.7. The number of carbonyl (C=O) groups excluding carboxylic acids is 1. The molecule has 1 amide bonds. The van der Waals surface area contributed by atoms with Gasteiger partial charge in [-0.15, -0.1) is 5.10 Å². The van der Waals surface area contributed by atoms with Crippen LogP contribution in [-0.4, -0.2) is 26.8 Å². The van der Waals surface area contributed by atoms with Crippen LogP contribution >= 0.6 is 23.4 Å². The number of aromatic amines is 1. The summed E-state index contributed by atoms with van der Waals surface area (Å²) in [6.07, 6.45) is 0. The van der Waals surface area contributed by atoms with Gasteiger partial charge in [0.05, 0.1) is 11.4 Å². The van der Waals surface area contributed by atoms with E-state index in [9.17, 15) is 9.18 Å². The van der Waals surface area contributed by atoms with Gasteiger partial charge in [0.15, 0.2) is 5.82 Å². The molecule has 0 bridgehead atoms. The van der Waals surface area contributed by atoms with E-state index in [1.54, 1.807) is 0 Å². The highest BCUT2D eigenvalue weighted by Gasteiger charge is 2.11. The number of halogens is 2. The number of carbonyl (C=O) groups is 1. The van der Waals surface area contributed by atoms with Crippen molar-refractivity contribution in [2.24, 2.45) is 0 Å². The van der Waals surface area contributed by atoms with Crippen LogP contribution in [0.4, 0.5) is 10.1 Å². The molecular formula is C17H14ClFN4OS. The standard InChI is InChI=1S/C17H14ClFN4OS/c1-10-2-4-11(5-3-10)16-21-17(23-22-16)25-9-15(24)20-14-7-6-12(18)8-13(14)19/h2-8H,9H2,1H3,(H,20,24)(H,21,22,23). The lowest BCUT2D eigenvalue weighted by Gasteiger charge is -2.05. The van der Waals surface area contributed by atoms with Gasteiger partial charge < -0.3 is 5.32 Å². The minimum absolute atomic E-state index is 0.0628. The largest absolute Gasteiger partial charge is 0.323 e. The first-order valence-electron chi connectivity index (χ1n) is 7.38. The minimum atomic E-state index is -0.578. The van der Waals surface area contributed by atoms with Gasteiger partial charge in [0, 0.05) is 10.6 Å². The van der Waals surface area contributed by atoms with Crippen LogP contribution in [0.15, 0.2) is 47.6 Å². The number of hydrogen-bond donors (Lipinski definition) is 2. The Hall–Kier alpha value is -2.38. The van der Waals surface area contributed by atoms with Crippen molar-refractivity contribution in [3.8, 4) is 11.4 Å². The number of nitrogens with one attached hydrogen (secondary N) is 2. The second-order valence-electron chi connectivity index (χ2n) is 5.29. The van der Waals surface area contributed by atoms with E-state index in [0.717, 1.165) is 29.0 Å². The SMILES string of the molecule is Cc1ccc(-c2nc(SCC(=O)Nc3ccc(Cl)cc3F)n[nH]2)cc1. The van der Waals surface area contributed by atoms with Gasteiger partial charge in [0.25, 0.3) is 0 Å². The van der Waals surface area contributed by atoms with Crippen LogP contribution in [0.5, 0.6) is 0 Å². The van der Waals surface area contributed by atoms with Gasteiger partial charge in [-0.25, -0.2) is 9.37 Å². The molecular weight excluding hydrogens is 363 g/mol. The molecule has 0 aliphatic rings. The summed E-state index contributed by atoms with van der Waals surface area (Å²) in [5.74, 6) is -0.238. The number of benzene rings is 2. The summed E-state index contributed by atoms with van der Waals surface area (Å²) in [6.45, 7) is 2.01. The summed E-state index contributed by atoms with van der Waals surface area (Å²) in [6, 6.07) is 11.9. The maximum Gasteiger partial charge on any atom is 0.234 e. The molecule has 25 heavy (non-hydrogen) atoms. The Morgan fingerprint density at radius 2 is 2.04 bits per heavy atom. The van der Waals surface area contributed by atoms with E-state index in [2.05, 4.69) is 20.5 Å². The Morgan fingerprint density at radius 1 is 1.28 bits per heavy atom. The lowest BCUT2D eigenvalue weighted by atomic mass is 10.1. The molecule has 2 N–H and O–H groups in total. The Kier molecular flexibility index (Phi) is 5.35. The maximum atomic E-state index is 13.7. The summed E-state index contributed by atoms with van der Waals surface area (Å²) in [4.78, 5) is 16.3. The zero-order chi connectivity index (χ0) is 17.8. The lowest BCUT2D eigenvalue weighted by molar-refractivity contribution is -0.113. The fraction of sp³-hybridized carbons (Fsp3) is 0.118. The smallest absolute Gasteiger partial charge is 0.234 e. The maximum absolute atomic E-state index is 13.7. The molecule has 0 aliphatic heterocycles. The molecule has 0 radical (unpaired) electrons. The van der Waals surface area contributed by atoms with Crippen LogP contribution in [0.25, 0.3) is 11.4 Å². The van der Waals surface area contributed by atoms with Gasteiger partial charge in [0.2, 0.25) is 11.1 Å². The van der Waals surface area contributed by atoms with Crippen LogP contribution < -0.4 is 5.32 Å². The molecule has 5 nitrogen and oxygen atoms in total. The molecule has 2 aromatic carbocycles. The quantitative estimate of drug-likeness (QED) is 0.651. The van der Waals surface area contributed by atoms with Gasteiger partial charge in [-0.2, -0.15) is 0 Å². The van der Waals surface area contributed by atoms with Crippen molar-refractivity contribution in [1.29, 1.82) is 0 Å². The van der Waals surface area contributed by atoms with Crippen molar-refractivity contribution in [2.75, 3.05) is 11.1 Å². The van der Waals surface area contributed by atoms with Gasteiger partial charge in [0.1, 0.15) is 5.82 Å². The molecule has 8 heteroatoms. The minimum Gasteiger partial charge on any atom is -0.323 e. The third-order valence-electron chi connectivity index (χ3n) is 3.33. The first kappa shape index (κ1) is 17.4. The normalized spacial score (nSPS) is 10.7. The molecule has 0 saturated heterocycles. The topological polar surface area (TPSA) is 70.7 Å².